The maximum Gasteiger partial charge on any atom is 0.326 e. The minimum Gasteiger partial charge on any atom is -0.489 e. The Morgan fingerprint density at radius 3 is 2.44 bits per heavy atom. The number of benzene rings is 3. The fourth-order valence-corrected chi connectivity index (χ4v) is 5.09. The summed E-state index contributed by atoms with van der Waals surface area (Å²) in [4.78, 5) is 15.1. The second-order valence-corrected chi connectivity index (χ2v) is 9.30. The van der Waals surface area contributed by atoms with E-state index < -0.39 is 0 Å². The molecule has 0 saturated heterocycles. The number of hydrogen-bond acceptors (Lipinski definition) is 3. The summed E-state index contributed by atoms with van der Waals surface area (Å²) in [6.07, 6.45) is 4.70. The van der Waals surface area contributed by atoms with Crippen LogP contribution in [0.1, 0.15) is 55.2 Å². The van der Waals surface area contributed by atoms with E-state index in [1.165, 1.54) is 42.4 Å². The molecule has 0 spiro atoms. The van der Waals surface area contributed by atoms with E-state index in [9.17, 15) is 4.79 Å². The number of nitrogens with zero attached hydrogens (tertiary/aromatic N) is 1. The van der Waals surface area contributed by atoms with Crippen molar-refractivity contribution in [3.05, 3.63) is 100.0 Å². The zero-order chi connectivity index (χ0) is 23.3. The fourth-order valence-electron chi connectivity index (χ4n) is 5.09. The van der Waals surface area contributed by atoms with Crippen LogP contribution in [-0.2, 0) is 19.7 Å². The molecule has 0 bridgehead atoms. The number of ether oxygens (including phenoxy) is 1. The van der Waals surface area contributed by atoms with Gasteiger partial charge in [0.1, 0.15) is 12.4 Å². The van der Waals surface area contributed by atoms with Gasteiger partial charge in [0.15, 0.2) is 0 Å². The molecule has 0 amide bonds. The number of H-pyrrole nitrogens is 1. The van der Waals surface area contributed by atoms with E-state index in [0.717, 1.165) is 23.3 Å². The molecule has 3 aromatic carbocycles. The predicted molar refractivity (Wildman–Crippen MR) is 137 cm³/mol. The number of rotatable bonds is 8. The van der Waals surface area contributed by atoms with Crippen LogP contribution in [0.15, 0.2) is 77.6 Å². The fraction of sp³-hybridized carbons (Fsp3) is 0.345. The van der Waals surface area contributed by atoms with Crippen LogP contribution in [0.2, 0.25) is 0 Å². The Hall–Kier alpha value is -3.31. The van der Waals surface area contributed by atoms with E-state index in [1.807, 2.05) is 25.1 Å². The van der Waals surface area contributed by atoms with Crippen molar-refractivity contribution in [2.24, 2.45) is 0 Å². The van der Waals surface area contributed by atoms with E-state index in [2.05, 4.69) is 64.9 Å². The van der Waals surface area contributed by atoms with Gasteiger partial charge in [-0.2, -0.15) is 0 Å². The summed E-state index contributed by atoms with van der Waals surface area (Å²) in [5.41, 5.74) is 5.75. The van der Waals surface area contributed by atoms with Gasteiger partial charge in [0.05, 0.1) is 11.0 Å². The standard InChI is InChI=1S/C29H33N3O2/c1-2-32-28-17-12-24(18-27(28)31-29(32)33)23-10-13-25(14-11-23)30-19-21-8-15-26(16-9-21)34-20-22-6-4-3-5-7-22/h3-9,12,15-18,23,25,30H,2,10-11,13-14,19-20H2,1H3,(H,31,33). The van der Waals surface area contributed by atoms with Gasteiger partial charge in [0.2, 0.25) is 0 Å². The first-order valence-corrected chi connectivity index (χ1v) is 12.4. The zero-order valence-electron chi connectivity index (χ0n) is 19.8. The summed E-state index contributed by atoms with van der Waals surface area (Å²) in [6, 6.07) is 25.7. The molecule has 0 unspecified atom stereocenters. The van der Waals surface area contributed by atoms with Gasteiger partial charge in [-0.3, -0.25) is 4.57 Å². The molecule has 1 aliphatic rings. The van der Waals surface area contributed by atoms with Gasteiger partial charge in [-0.25, -0.2) is 4.79 Å². The van der Waals surface area contributed by atoms with Crippen molar-refractivity contribution >= 4 is 11.0 Å². The van der Waals surface area contributed by atoms with Crippen LogP contribution in [-0.4, -0.2) is 15.6 Å². The second-order valence-electron chi connectivity index (χ2n) is 9.30. The van der Waals surface area contributed by atoms with Crippen LogP contribution in [0.25, 0.3) is 11.0 Å². The van der Waals surface area contributed by atoms with Gasteiger partial charge in [-0.15, -0.1) is 0 Å². The van der Waals surface area contributed by atoms with Crippen LogP contribution >= 0.6 is 0 Å². The Kier molecular flexibility index (Phi) is 6.82. The quantitative estimate of drug-likeness (QED) is 0.356. The summed E-state index contributed by atoms with van der Waals surface area (Å²) in [7, 11) is 0. The van der Waals surface area contributed by atoms with E-state index in [-0.39, 0.29) is 5.69 Å². The van der Waals surface area contributed by atoms with Crippen LogP contribution in [0, 0.1) is 0 Å². The average Bonchev–Trinajstić information content (AvgIpc) is 3.21. The molecule has 5 heteroatoms. The molecule has 0 aliphatic heterocycles. The first kappa shape index (κ1) is 22.5. The Morgan fingerprint density at radius 2 is 1.71 bits per heavy atom. The topological polar surface area (TPSA) is 59.0 Å². The van der Waals surface area contributed by atoms with Gasteiger partial charge < -0.3 is 15.0 Å². The summed E-state index contributed by atoms with van der Waals surface area (Å²) >= 11 is 0. The predicted octanol–water partition coefficient (Wildman–Crippen LogP) is 5.74. The lowest BCUT2D eigenvalue weighted by Crippen LogP contribution is -2.32. The molecular weight excluding hydrogens is 422 g/mol. The largest absolute Gasteiger partial charge is 0.489 e. The van der Waals surface area contributed by atoms with Gasteiger partial charge >= 0.3 is 5.69 Å². The van der Waals surface area contributed by atoms with E-state index >= 15 is 0 Å². The number of hydrogen-bond donors (Lipinski definition) is 2. The lowest BCUT2D eigenvalue weighted by atomic mass is 9.81. The van der Waals surface area contributed by atoms with Gasteiger partial charge in [-0.05, 0) is 79.5 Å². The summed E-state index contributed by atoms with van der Waals surface area (Å²) in [6.45, 7) is 4.17. The van der Waals surface area contributed by atoms with Crippen molar-refractivity contribution in [1.82, 2.24) is 14.9 Å². The van der Waals surface area contributed by atoms with Crippen molar-refractivity contribution in [3.63, 3.8) is 0 Å². The highest BCUT2D eigenvalue weighted by atomic mass is 16.5. The summed E-state index contributed by atoms with van der Waals surface area (Å²) in [5.74, 6) is 1.47. The number of aryl methyl sites for hydroxylation is 1. The SMILES string of the molecule is CCn1c(=O)[nH]c2cc(C3CCC(NCc4ccc(OCc5ccccc5)cc4)CC3)ccc21. The highest BCUT2D eigenvalue weighted by molar-refractivity contribution is 5.76. The Balaban J connectivity index is 1.10. The minimum atomic E-state index is -0.0154. The van der Waals surface area contributed by atoms with Crippen LogP contribution < -0.4 is 15.7 Å². The molecule has 1 fully saturated rings. The number of fused-ring (bicyclic) bond motifs is 1. The third kappa shape index (κ3) is 5.10. The molecule has 4 aromatic rings. The van der Waals surface area contributed by atoms with Crippen molar-refractivity contribution in [1.29, 1.82) is 0 Å². The highest BCUT2D eigenvalue weighted by Crippen LogP contribution is 2.34. The lowest BCUT2D eigenvalue weighted by molar-refractivity contribution is 0.306. The van der Waals surface area contributed by atoms with Crippen LogP contribution in [0.3, 0.4) is 0 Å². The van der Waals surface area contributed by atoms with Gasteiger partial charge in [0, 0.05) is 19.1 Å². The maximum atomic E-state index is 12.1. The second kappa shape index (κ2) is 10.3. The van der Waals surface area contributed by atoms with Gasteiger partial charge in [0.25, 0.3) is 0 Å². The van der Waals surface area contributed by atoms with Gasteiger partial charge in [-0.1, -0.05) is 48.5 Å². The Bertz CT molecular complexity index is 1270. The molecule has 34 heavy (non-hydrogen) atoms. The monoisotopic (exact) mass is 455 g/mol. The maximum absolute atomic E-state index is 12.1. The first-order valence-electron chi connectivity index (χ1n) is 12.4. The highest BCUT2D eigenvalue weighted by Gasteiger charge is 2.22. The Labute approximate surface area is 200 Å². The molecule has 1 saturated carbocycles. The average molecular weight is 456 g/mol. The summed E-state index contributed by atoms with van der Waals surface area (Å²) < 4.78 is 7.69. The third-order valence-electron chi connectivity index (χ3n) is 7.08. The third-order valence-corrected chi connectivity index (χ3v) is 7.08. The number of imidazole rings is 1. The molecule has 5 nitrogen and oxygen atoms in total. The van der Waals surface area contributed by atoms with Crippen LogP contribution in [0.4, 0.5) is 0 Å². The van der Waals surface area contributed by atoms with Crippen molar-refractivity contribution in [2.45, 2.75) is 64.3 Å². The number of aromatic amines is 1. The summed E-state index contributed by atoms with van der Waals surface area (Å²) in [5, 5.41) is 3.74. The molecule has 2 N–H and O–H groups in total. The van der Waals surface area contributed by atoms with E-state index in [1.54, 1.807) is 4.57 Å². The van der Waals surface area contributed by atoms with Crippen molar-refractivity contribution in [2.75, 3.05) is 0 Å². The molecule has 176 valence electrons. The molecular formula is C29H33N3O2. The first-order chi connectivity index (χ1) is 16.7. The lowest BCUT2D eigenvalue weighted by Gasteiger charge is -2.29. The minimum absolute atomic E-state index is 0.0154. The normalized spacial score (nSPS) is 18.3. The zero-order valence-corrected chi connectivity index (χ0v) is 19.8. The van der Waals surface area contributed by atoms with E-state index in [4.69, 9.17) is 4.74 Å². The molecule has 1 aromatic heterocycles. The van der Waals surface area contributed by atoms with Crippen molar-refractivity contribution in [3.8, 4) is 5.75 Å². The molecule has 0 radical (unpaired) electrons. The number of aromatic nitrogens is 2. The van der Waals surface area contributed by atoms with E-state index in [0.29, 0.717) is 25.1 Å². The number of nitrogens with one attached hydrogen (secondary N) is 2. The molecule has 1 aliphatic carbocycles. The molecule has 0 atom stereocenters. The molecule has 5 rings (SSSR count). The molecule has 1 heterocycles. The Morgan fingerprint density at radius 1 is 0.941 bits per heavy atom. The smallest absolute Gasteiger partial charge is 0.326 e. The van der Waals surface area contributed by atoms with Crippen molar-refractivity contribution < 1.29 is 4.74 Å². The van der Waals surface area contributed by atoms with Crippen LogP contribution in [0.5, 0.6) is 5.75 Å².